The molecule has 100 valence electrons. The number of hydrogen-bond acceptors (Lipinski definition) is 5. The van der Waals surface area contributed by atoms with Crippen molar-refractivity contribution < 1.29 is 24.5 Å². The van der Waals surface area contributed by atoms with Crippen LogP contribution in [0.5, 0.6) is 5.75 Å². The molecule has 0 radical (unpaired) electrons. The minimum absolute atomic E-state index is 0.0550. The van der Waals surface area contributed by atoms with Crippen molar-refractivity contribution in [3.05, 3.63) is 28.8 Å². The summed E-state index contributed by atoms with van der Waals surface area (Å²) in [5, 5.41) is 19.0. The molecular formula is C13H18O5. The first-order valence-electron chi connectivity index (χ1n) is 5.60. The van der Waals surface area contributed by atoms with E-state index in [1.54, 1.807) is 19.9 Å². The first kappa shape index (κ1) is 14.5. The van der Waals surface area contributed by atoms with Gasteiger partial charge in [-0.1, -0.05) is 0 Å². The van der Waals surface area contributed by atoms with Crippen LogP contribution in [0, 0.1) is 13.8 Å². The number of benzene rings is 1. The number of methoxy groups -OCH3 is 1. The first-order chi connectivity index (χ1) is 8.45. The third-order valence-electron chi connectivity index (χ3n) is 2.64. The van der Waals surface area contributed by atoms with Crippen molar-refractivity contribution in [2.75, 3.05) is 20.3 Å². The predicted molar refractivity (Wildman–Crippen MR) is 65.7 cm³/mol. The molecule has 1 unspecified atom stereocenters. The van der Waals surface area contributed by atoms with E-state index in [9.17, 15) is 15.0 Å². The summed E-state index contributed by atoms with van der Waals surface area (Å²) in [5.74, 6) is -0.525. The highest BCUT2D eigenvalue weighted by Crippen LogP contribution is 2.22. The van der Waals surface area contributed by atoms with Crippen LogP contribution < -0.4 is 0 Å². The lowest BCUT2D eigenvalue weighted by molar-refractivity contribution is 0.000118. The number of aromatic hydroxyl groups is 1. The number of rotatable bonds is 5. The van der Waals surface area contributed by atoms with Crippen LogP contribution >= 0.6 is 0 Å². The van der Waals surface area contributed by atoms with E-state index in [0.29, 0.717) is 0 Å². The fourth-order valence-electron chi connectivity index (χ4n) is 1.45. The number of aliphatic hydroxyl groups is 1. The Kier molecular flexibility index (Phi) is 5.12. The standard InChI is InChI=1S/C13H18O5/c1-8-4-10(5-12(15)9(8)2)13(16)18-7-11(14)6-17-3/h4-5,11,14-15H,6-7H2,1-3H3. The minimum atomic E-state index is -0.848. The maximum absolute atomic E-state index is 11.7. The molecule has 1 aromatic rings. The molecule has 1 rings (SSSR count). The summed E-state index contributed by atoms with van der Waals surface area (Å²) in [6.07, 6.45) is -0.848. The monoisotopic (exact) mass is 254 g/mol. The molecule has 0 aliphatic carbocycles. The number of esters is 1. The molecule has 0 aliphatic heterocycles. The van der Waals surface area contributed by atoms with Gasteiger partial charge in [0, 0.05) is 7.11 Å². The molecule has 5 heteroatoms. The van der Waals surface area contributed by atoms with Gasteiger partial charge in [-0.3, -0.25) is 0 Å². The fraction of sp³-hybridized carbons (Fsp3) is 0.462. The fourth-order valence-corrected chi connectivity index (χ4v) is 1.45. The van der Waals surface area contributed by atoms with Crippen LogP contribution in [0.25, 0.3) is 0 Å². The molecule has 0 aromatic heterocycles. The number of carbonyl (C=O) groups excluding carboxylic acids is 1. The summed E-state index contributed by atoms with van der Waals surface area (Å²) in [6, 6.07) is 2.99. The smallest absolute Gasteiger partial charge is 0.338 e. The van der Waals surface area contributed by atoms with E-state index in [-0.39, 0.29) is 24.5 Å². The van der Waals surface area contributed by atoms with Crippen LogP contribution in [0.1, 0.15) is 21.5 Å². The van der Waals surface area contributed by atoms with Crippen LogP contribution in [0.2, 0.25) is 0 Å². The normalized spacial score (nSPS) is 12.2. The van der Waals surface area contributed by atoms with Crippen LogP contribution in [-0.2, 0) is 9.47 Å². The number of ether oxygens (including phenoxy) is 2. The highest BCUT2D eigenvalue weighted by molar-refractivity contribution is 5.90. The van der Waals surface area contributed by atoms with Crippen LogP contribution in [0.3, 0.4) is 0 Å². The number of aliphatic hydroxyl groups excluding tert-OH is 1. The zero-order chi connectivity index (χ0) is 13.7. The average Bonchev–Trinajstić information content (AvgIpc) is 2.32. The largest absolute Gasteiger partial charge is 0.508 e. The second kappa shape index (κ2) is 6.37. The van der Waals surface area contributed by atoms with Crippen LogP contribution in [-0.4, -0.2) is 42.6 Å². The quantitative estimate of drug-likeness (QED) is 0.771. The highest BCUT2D eigenvalue weighted by Gasteiger charge is 2.13. The van der Waals surface area contributed by atoms with Gasteiger partial charge in [0.25, 0.3) is 0 Å². The van der Waals surface area contributed by atoms with Crippen molar-refractivity contribution in [2.45, 2.75) is 20.0 Å². The Hall–Kier alpha value is -1.59. The van der Waals surface area contributed by atoms with Crippen LogP contribution in [0.4, 0.5) is 0 Å². The molecule has 0 saturated heterocycles. The Labute approximate surface area is 106 Å². The minimum Gasteiger partial charge on any atom is -0.508 e. The van der Waals surface area contributed by atoms with Crippen molar-refractivity contribution in [3.8, 4) is 5.75 Å². The molecule has 0 saturated carbocycles. The van der Waals surface area contributed by atoms with Crippen molar-refractivity contribution in [1.29, 1.82) is 0 Å². The van der Waals surface area contributed by atoms with E-state index >= 15 is 0 Å². The number of phenols is 1. The number of hydrogen-bond donors (Lipinski definition) is 2. The van der Waals surface area contributed by atoms with Gasteiger partial charge in [0.15, 0.2) is 0 Å². The van der Waals surface area contributed by atoms with E-state index in [0.717, 1.165) is 11.1 Å². The molecule has 0 bridgehead atoms. The van der Waals surface area contributed by atoms with E-state index in [2.05, 4.69) is 0 Å². The van der Waals surface area contributed by atoms with Gasteiger partial charge in [-0.25, -0.2) is 4.79 Å². The Morgan fingerprint density at radius 1 is 1.33 bits per heavy atom. The predicted octanol–water partition coefficient (Wildman–Crippen LogP) is 1.17. The van der Waals surface area contributed by atoms with Gasteiger partial charge in [0.1, 0.15) is 18.5 Å². The third kappa shape index (κ3) is 3.72. The Morgan fingerprint density at radius 2 is 2.00 bits per heavy atom. The summed E-state index contributed by atoms with van der Waals surface area (Å²) in [5.41, 5.74) is 1.80. The summed E-state index contributed by atoms with van der Waals surface area (Å²) in [7, 11) is 1.45. The highest BCUT2D eigenvalue weighted by atomic mass is 16.5. The molecule has 5 nitrogen and oxygen atoms in total. The number of carbonyl (C=O) groups is 1. The molecule has 1 aromatic carbocycles. The molecule has 0 heterocycles. The third-order valence-corrected chi connectivity index (χ3v) is 2.64. The van der Waals surface area contributed by atoms with Crippen molar-refractivity contribution in [1.82, 2.24) is 0 Å². The molecule has 2 N–H and O–H groups in total. The second-order valence-corrected chi connectivity index (χ2v) is 4.14. The van der Waals surface area contributed by atoms with Gasteiger partial charge >= 0.3 is 5.97 Å². The van der Waals surface area contributed by atoms with Crippen molar-refractivity contribution in [2.24, 2.45) is 0 Å². The van der Waals surface area contributed by atoms with Crippen LogP contribution in [0.15, 0.2) is 12.1 Å². The average molecular weight is 254 g/mol. The molecule has 0 fully saturated rings. The van der Waals surface area contributed by atoms with Gasteiger partial charge in [0.2, 0.25) is 0 Å². The molecular weight excluding hydrogens is 236 g/mol. The van der Waals surface area contributed by atoms with Gasteiger partial charge in [-0.05, 0) is 37.1 Å². The Morgan fingerprint density at radius 3 is 2.56 bits per heavy atom. The summed E-state index contributed by atoms with van der Waals surface area (Å²) < 4.78 is 9.63. The lowest BCUT2D eigenvalue weighted by Crippen LogP contribution is -2.23. The van der Waals surface area contributed by atoms with E-state index in [1.165, 1.54) is 13.2 Å². The topological polar surface area (TPSA) is 76.0 Å². The second-order valence-electron chi connectivity index (χ2n) is 4.14. The van der Waals surface area contributed by atoms with Crippen molar-refractivity contribution in [3.63, 3.8) is 0 Å². The zero-order valence-electron chi connectivity index (χ0n) is 10.8. The number of phenolic OH excluding ortho intramolecular Hbond substituents is 1. The number of aryl methyl sites for hydroxylation is 1. The summed E-state index contributed by atoms with van der Waals surface area (Å²) in [4.78, 5) is 11.7. The van der Waals surface area contributed by atoms with Gasteiger partial charge in [0.05, 0.1) is 12.2 Å². The van der Waals surface area contributed by atoms with E-state index < -0.39 is 12.1 Å². The SMILES string of the molecule is COCC(O)COC(=O)c1cc(C)c(C)c(O)c1. The lowest BCUT2D eigenvalue weighted by atomic mass is 10.1. The summed E-state index contributed by atoms with van der Waals surface area (Å²) in [6.45, 7) is 3.53. The van der Waals surface area contributed by atoms with Gasteiger partial charge in [-0.15, -0.1) is 0 Å². The van der Waals surface area contributed by atoms with Gasteiger partial charge < -0.3 is 19.7 Å². The molecule has 18 heavy (non-hydrogen) atoms. The Balaban J connectivity index is 2.67. The molecule has 0 aliphatic rings. The summed E-state index contributed by atoms with van der Waals surface area (Å²) >= 11 is 0. The van der Waals surface area contributed by atoms with E-state index in [4.69, 9.17) is 9.47 Å². The molecule has 1 atom stereocenters. The van der Waals surface area contributed by atoms with Gasteiger partial charge in [-0.2, -0.15) is 0 Å². The lowest BCUT2D eigenvalue weighted by Gasteiger charge is -2.11. The van der Waals surface area contributed by atoms with E-state index in [1.807, 2.05) is 0 Å². The maximum Gasteiger partial charge on any atom is 0.338 e. The Bertz CT molecular complexity index is 404. The maximum atomic E-state index is 11.7. The molecule has 0 amide bonds. The molecule has 0 spiro atoms. The zero-order valence-corrected chi connectivity index (χ0v) is 10.8. The first-order valence-corrected chi connectivity index (χ1v) is 5.60. The van der Waals surface area contributed by atoms with Crippen molar-refractivity contribution >= 4 is 5.97 Å².